The average molecular weight is 283 g/mol. The molecule has 0 aliphatic carbocycles. The molecule has 2 aromatic carbocycles. The molecule has 0 aliphatic heterocycles. The molecule has 0 fully saturated rings. The Labute approximate surface area is 125 Å². The summed E-state index contributed by atoms with van der Waals surface area (Å²) in [5.74, 6) is -0.181. The third kappa shape index (κ3) is 5.69. The van der Waals surface area contributed by atoms with Crippen molar-refractivity contribution in [3.63, 3.8) is 0 Å². The number of nitrogen functional groups attached to an aromatic ring is 1. The number of carbonyl (C=O) groups excluding carboxylic acids is 1. The van der Waals surface area contributed by atoms with Crippen LogP contribution in [0.4, 0.5) is 5.69 Å². The van der Waals surface area contributed by atoms with E-state index >= 15 is 0 Å². The van der Waals surface area contributed by atoms with Crippen LogP contribution in [-0.2, 0) is 22.4 Å². The van der Waals surface area contributed by atoms with Crippen LogP contribution in [0.2, 0.25) is 0 Å². The Balaban J connectivity index is 1.60. The lowest BCUT2D eigenvalue weighted by Gasteiger charge is -2.05. The van der Waals surface area contributed by atoms with Crippen LogP contribution in [0.5, 0.6) is 0 Å². The third-order valence-corrected chi connectivity index (χ3v) is 3.29. The molecule has 0 heterocycles. The van der Waals surface area contributed by atoms with E-state index in [0.29, 0.717) is 18.7 Å². The summed E-state index contributed by atoms with van der Waals surface area (Å²) >= 11 is 0. The van der Waals surface area contributed by atoms with E-state index in [0.717, 1.165) is 24.8 Å². The molecule has 0 aliphatic rings. The summed E-state index contributed by atoms with van der Waals surface area (Å²) in [7, 11) is 0. The van der Waals surface area contributed by atoms with Crippen LogP contribution in [0.3, 0.4) is 0 Å². The Morgan fingerprint density at radius 2 is 1.62 bits per heavy atom. The maximum atomic E-state index is 11.7. The van der Waals surface area contributed by atoms with Gasteiger partial charge in [-0.1, -0.05) is 42.5 Å². The normalized spacial score (nSPS) is 10.3. The molecule has 0 saturated heterocycles. The smallest absolute Gasteiger partial charge is 0.310 e. The molecule has 0 radical (unpaired) electrons. The van der Waals surface area contributed by atoms with E-state index in [1.54, 1.807) is 12.1 Å². The van der Waals surface area contributed by atoms with Crippen LogP contribution in [-0.4, -0.2) is 12.6 Å². The fourth-order valence-corrected chi connectivity index (χ4v) is 2.12. The summed E-state index contributed by atoms with van der Waals surface area (Å²) in [5.41, 5.74) is 8.56. The van der Waals surface area contributed by atoms with Gasteiger partial charge in [0.1, 0.15) is 0 Å². The monoisotopic (exact) mass is 283 g/mol. The predicted molar refractivity (Wildman–Crippen MR) is 84.9 cm³/mol. The van der Waals surface area contributed by atoms with E-state index in [2.05, 4.69) is 12.1 Å². The summed E-state index contributed by atoms with van der Waals surface area (Å²) in [6.45, 7) is 0.487. The number of anilines is 1. The molecule has 0 saturated carbocycles. The van der Waals surface area contributed by atoms with Crippen molar-refractivity contribution in [1.29, 1.82) is 0 Å². The maximum Gasteiger partial charge on any atom is 0.310 e. The number of ether oxygens (including phenoxy) is 1. The van der Waals surface area contributed by atoms with Gasteiger partial charge >= 0.3 is 5.97 Å². The van der Waals surface area contributed by atoms with Gasteiger partial charge in [0, 0.05) is 5.69 Å². The molecule has 2 rings (SSSR count). The van der Waals surface area contributed by atoms with Gasteiger partial charge in [-0.15, -0.1) is 0 Å². The topological polar surface area (TPSA) is 52.3 Å². The van der Waals surface area contributed by atoms with E-state index in [1.165, 1.54) is 5.56 Å². The fourth-order valence-electron chi connectivity index (χ4n) is 2.12. The molecule has 21 heavy (non-hydrogen) atoms. The highest BCUT2D eigenvalue weighted by Crippen LogP contribution is 2.08. The van der Waals surface area contributed by atoms with E-state index in [4.69, 9.17) is 10.5 Å². The molecule has 3 nitrogen and oxygen atoms in total. The molecule has 2 aromatic rings. The second-order valence-electron chi connectivity index (χ2n) is 5.08. The quantitative estimate of drug-likeness (QED) is 0.481. The average Bonchev–Trinajstić information content (AvgIpc) is 2.50. The Morgan fingerprint density at radius 1 is 0.905 bits per heavy atom. The van der Waals surface area contributed by atoms with Crippen LogP contribution in [0, 0.1) is 0 Å². The van der Waals surface area contributed by atoms with Gasteiger partial charge in [0.25, 0.3) is 0 Å². The Hall–Kier alpha value is -2.29. The highest BCUT2D eigenvalue weighted by Gasteiger charge is 2.04. The molecule has 0 bridgehead atoms. The van der Waals surface area contributed by atoms with Crippen molar-refractivity contribution in [3.05, 3.63) is 65.7 Å². The van der Waals surface area contributed by atoms with E-state index in [1.807, 2.05) is 30.3 Å². The molecule has 2 N–H and O–H groups in total. The second-order valence-corrected chi connectivity index (χ2v) is 5.08. The second kappa shape index (κ2) is 8.10. The Bertz CT molecular complexity index is 549. The lowest BCUT2D eigenvalue weighted by molar-refractivity contribution is -0.142. The Kier molecular flexibility index (Phi) is 5.83. The SMILES string of the molecule is Nc1ccc(CC(=O)OCCCCc2ccccc2)cc1. The number of nitrogens with two attached hydrogens (primary N) is 1. The standard InChI is InChI=1S/C18H21NO2/c19-17-11-9-16(10-12-17)14-18(20)21-13-5-4-8-15-6-2-1-3-7-15/h1-3,6-7,9-12H,4-5,8,13-14,19H2. The van der Waals surface area contributed by atoms with Crippen LogP contribution in [0.15, 0.2) is 54.6 Å². The van der Waals surface area contributed by atoms with Crippen LogP contribution < -0.4 is 5.73 Å². The van der Waals surface area contributed by atoms with Gasteiger partial charge < -0.3 is 10.5 Å². The zero-order valence-corrected chi connectivity index (χ0v) is 12.1. The van der Waals surface area contributed by atoms with Gasteiger partial charge in [-0.25, -0.2) is 0 Å². The summed E-state index contributed by atoms with van der Waals surface area (Å²) in [4.78, 5) is 11.7. The number of rotatable bonds is 7. The van der Waals surface area contributed by atoms with Crippen LogP contribution >= 0.6 is 0 Å². The van der Waals surface area contributed by atoms with Gasteiger partial charge in [0.15, 0.2) is 0 Å². The van der Waals surface area contributed by atoms with Crippen molar-refractivity contribution in [1.82, 2.24) is 0 Å². The van der Waals surface area contributed by atoms with E-state index in [-0.39, 0.29) is 5.97 Å². The number of hydrogen-bond acceptors (Lipinski definition) is 3. The first-order valence-electron chi connectivity index (χ1n) is 7.28. The van der Waals surface area contributed by atoms with E-state index < -0.39 is 0 Å². The Morgan fingerprint density at radius 3 is 2.33 bits per heavy atom. The summed E-state index contributed by atoms with van der Waals surface area (Å²) < 4.78 is 5.24. The summed E-state index contributed by atoms with van der Waals surface area (Å²) in [6, 6.07) is 17.6. The zero-order valence-electron chi connectivity index (χ0n) is 12.1. The van der Waals surface area contributed by atoms with Crippen molar-refractivity contribution < 1.29 is 9.53 Å². The number of benzene rings is 2. The molecule has 0 unspecified atom stereocenters. The minimum absolute atomic E-state index is 0.181. The zero-order chi connectivity index (χ0) is 14.9. The first-order valence-corrected chi connectivity index (χ1v) is 7.28. The van der Waals surface area contributed by atoms with Crippen molar-refractivity contribution in [2.24, 2.45) is 0 Å². The lowest BCUT2D eigenvalue weighted by Crippen LogP contribution is -2.09. The number of esters is 1. The molecule has 3 heteroatoms. The van der Waals surface area contributed by atoms with Crippen molar-refractivity contribution >= 4 is 11.7 Å². The third-order valence-electron chi connectivity index (χ3n) is 3.29. The fraction of sp³-hybridized carbons (Fsp3) is 0.278. The minimum atomic E-state index is -0.181. The molecule has 0 aromatic heterocycles. The van der Waals surface area contributed by atoms with Crippen LogP contribution in [0.1, 0.15) is 24.0 Å². The molecule has 0 atom stereocenters. The highest BCUT2D eigenvalue weighted by molar-refractivity contribution is 5.72. The van der Waals surface area contributed by atoms with Gasteiger partial charge in [-0.05, 0) is 42.5 Å². The minimum Gasteiger partial charge on any atom is -0.465 e. The lowest BCUT2D eigenvalue weighted by atomic mass is 10.1. The van der Waals surface area contributed by atoms with Crippen molar-refractivity contribution in [2.75, 3.05) is 12.3 Å². The highest BCUT2D eigenvalue weighted by atomic mass is 16.5. The largest absolute Gasteiger partial charge is 0.465 e. The van der Waals surface area contributed by atoms with Gasteiger partial charge in [-0.2, -0.15) is 0 Å². The maximum absolute atomic E-state index is 11.7. The van der Waals surface area contributed by atoms with Gasteiger partial charge in [-0.3, -0.25) is 4.79 Å². The number of aryl methyl sites for hydroxylation is 1. The number of unbranched alkanes of at least 4 members (excludes halogenated alkanes) is 1. The summed E-state index contributed by atoms with van der Waals surface area (Å²) in [5, 5.41) is 0. The van der Waals surface area contributed by atoms with Crippen molar-refractivity contribution in [2.45, 2.75) is 25.7 Å². The number of hydrogen-bond donors (Lipinski definition) is 1. The van der Waals surface area contributed by atoms with Crippen LogP contribution in [0.25, 0.3) is 0 Å². The number of carbonyl (C=O) groups is 1. The molecule has 0 spiro atoms. The molecule has 0 amide bonds. The molecular formula is C18H21NO2. The first kappa shape index (κ1) is 15.1. The molecule has 110 valence electrons. The van der Waals surface area contributed by atoms with Crippen molar-refractivity contribution in [3.8, 4) is 0 Å². The van der Waals surface area contributed by atoms with Gasteiger partial charge in [0.2, 0.25) is 0 Å². The molecular weight excluding hydrogens is 262 g/mol. The van der Waals surface area contributed by atoms with E-state index in [9.17, 15) is 4.79 Å². The summed E-state index contributed by atoms with van der Waals surface area (Å²) in [6.07, 6.45) is 3.25. The predicted octanol–water partition coefficient (Wildman–Crippen LogP) is 3.38. The van der Waals surface area contributed by atoms with Gasteiger partial charge in [0.05, 0.1) is 13.0 Å². The first-order chi connectivity index (χ1) is 10.2.